The molecule has 0 spiro atoms. The Kier molecular flexibility index (Phi) is 6.71. The van der Waals surface area contributed by atoms with Crippen LogP contribution in [0.5, 0.6) is 5.75 Å². The van der Waals surface area contributed by atoms with E-state index < -0.39 is 12.0 Å². The summed E-state index contributed by atoms with van der Waals surface area (Å²) in [5.41, 5.74) is 3.24. The molecule has 0 saturated carbocycles. The van der Waals surface area contributed by atoms with Crippen molar-refractivity contribution < 1.29 is 14.3 Å². The van der Waals surface area contributed by atoms with Crippen molar-refractivity contribution in [3.63, 3.8) is 0 Å². The van der Waals surface area contributed by atoms with Gasteiger partial charge in [0.25, 0.3) is 5.56 Å². The predicted octanol–water partition coefficient (Wildman–Crippen LogP) is 4.31. The van der Waals surface area contributed by atoms with E-state index in [2.05, 4.69) is 0 Å². The summed E-state index contributed by atoms with van der Waals surface area (Å²) in [5.74, 6) is 0.126. The minimum atomic E-state index is -0.725. The number of methoxy groups -OCH3 is 1. The average molecular weight is 517 g/mol. The fraction of sp³-hybridized carbons (Fsp3) is 0.179. The van der Waals surface area contributed by atoms with Gasteiger partial charge in [0.1, 0.15) is 5.75 Å². The molecular formula is C28H24N2O4S2. The molecule has 5 rings (SSSR count). The molecule has 1 atom stereocenters. The van der Waals surface area contributed by atoms with Crippen molar-refractivity contribution >= 4 is 40.4 Å². The van der Waals surface area contributed by atoms with Gasteiger partial charge in [0.2, 0.25) is 0 Å². The van der Waals surface area contributed by atoms with Crippen molar-refractivity contribution in [2.24, 2.45) is 4.99 Å². The number of rotatable bonds is 6. The molecule has 0 radical (unpaired) electrons. The molecule has 6 nitrogen and oxygen atoms in total. The highest BCUT2D eigenvalue weighted by molar-refractivity contribution is 7.11. The first kappa shape index (κ1) is 24.0. The van der Waals surface area contributed by atoms with Crippen LogP contribution in [0, 0.1) is 6.92 Å². The lowest BCUT2D eigenvalue weighted by molar-refractivity contribution is -0.138. The maximum atomic E-state index is 13.8. The number of thiazole rings is 1. The topological polar surface area (TPSA) is 69.9 Å². The van der Waals surface area contributed by atoms with Crippen LogP contribution in [-0.2, 0) is 9.53 Å². The molecule has 2 aromatic carbocycles. The summed E-state index contributed by atoms with van der Waals surface area (Å²) in [7, 11) is 1.59. The number of carbonyl (C=O) groups excluding carboxylic acids is 1. The highest BCUT2D eigenvalue weighted by Gasteiger charge is 2.35. The summed E-state index contributed by atoms with van der Waals surface area (Å²) >= 11 is 2.90. The number of esters is 1. The van der Waals surface area contributed by atoms with Gasteiger partial charge < -0.3 is 9.47 Å². The Morgan fingerprint density at radius 1 is 1.14 bits per heavy atom. The molecule has 182 valence electrons. The summed E-state index contributed by atoms with van der Waals surface area (Å²) < 4.78 is 13.1. The van der Waals surface area contributed by atoms with Gasteiger partial charge >= 0.3 is 5.97 Å². The molecule has 0 bridgehead atoms. The van der Waals surface area contributed by atoms with E-state index in [9.17, 15) is 9.59 Å². The number of carbonyl (C=O) groups is 1. The highest BCUT2D eigenvalue weighted by Crippen LogP contribution is 2.36. The Morgan fingerprint density at radius 2 is 1.94 bits per heavy atom. The minimum Gasteiger partial charge on any atom is -0.497 e. The number of hydrogen-bond acceptors (Lipinski definition) is 7. The maximum Gasteiger partial charge on any atom is 0.338 e. The van der Waals surface area contributed by atoms with Crippen molar-refractivity contribution in [3.8, 4) is 5.75 Å². The van der Waals surface area contributed by atoms with E-state index in [4.69, 9.17) is 14.5 Å². The number of nitrogens with zero attached hydrogens (tertiary/aromatic N) is 2. The van der Waals surface area contributed by atoms with Crippen LogP contribution >= 0.6 is 22.7 Å². The number of fused-ring (bicyclic) bond motifs is 1. The number of hydrogen-bond donors (Lipinski definition) is 0. The van der Waals surface area contributed by atoms with Crippen molar-refractivity contribution in [1.82, 2.24) is 4.57 Å². The van der Waals surface area contributed by atoms with Gasteiger partial charge in [0.05, 0.1) is 35.6 Å². The molecule has 4 aromatic rings. The van der Waals surface area contributed by atoms with E-state index in [0.717, 1.165) is 21.6 Å². The van der Waals surface area contributed by atoms with Gasteiger partial charge in [-0.2, -0.15) is 0 Å². The van der Waals surface area contributed by atoms with Crippen molar-refractivity contribution in [2.75, 3.05) is 13.7 Å². The third-order valence-corrected chi connectivity index (χ3v) is 7.90. The Bertz CT molecular complexity index is 1640. The normalized spacial score (nSPS) is 15.4. The molecule has 8 heteroatoms. The summed E-state index contributed by atoms with van der Waals surface area (Å²) in [6.07, 6.45) is 1.91. The van der Waals surface area contributed by atoms with Gasteiger partial charge in [0.15, 0.2) is 4.80 Å². The van der Waals surface area contributed by atoms with Crippen molar-refractivity contribution in [3.05, 3.63) is 113 Å². The predicted molar refractivity (Wildman–Crippen MR) is 143 cm³/mol. The van der Waals surface area contributed by atoms with E-state index in [1.54, 1.807) is 29.9 Å². The molecular weight excluding hydrogens is 492 g/mol. The van der Waals surface area contributed by atoms with Gasteiger partial charge in [-0.25, -0.2) is 9.79 Å². The molecule has 0 saturated heterocycles. The Balaban J connectivity index is 1.85. The zero-order valence-corrected chi connectivity index (χ0v) is 21.7. The van der Waals surface area contributed by atoms with E-state index in [0.29, 0.717) is 26.4 Å². The molecule has 1 aliphatic rings. The molecule has 2 aromatic heterocycles. The lowest BCUT2D eigenvalue weighted by Gasteiger charge is -2.26. The minimum absolute atomic E-state index is 0.201. The van der Waals surface area contributed by atoms with Crippen LogP contribution in [-0.4, -0.2) is 24.3 Å². The second-order valence-electron chi connectivity index (χ2n) is 8.18. The third kappa shape index (κ3) is 4.34. The average Bonchev–Trinajstić information content (AvgIpc) is 3.45. The quantitative estimate of drug-likeness (QED) is 0.358. The largest absolute Gasteiger partial charge is 0.497 e. The molecule has 0 aliphatic carbocycles. The Morgan fingerprint density at radius 3 is 2.64 bits per heavy atom. The summed E-state index contributed by atoms with van der Waals surface area (Å²) in [5, 5.41) is 2.00. The molecule has 0 unspecified atom stereocenters. The third-order valence-electron chi connectivity index (χ3n) is 5.95. The monoisotopic (exact) mass is 516 g/mol. The first-order chi connectivity index (χ1) is 17.5. The van der Waals surface area contributed by atoms with Gasteiger partial charge in [0, 0.05) is 10.4 Å². The van der Waals surface area contributed by atoms with Crippen LogP contribution in [0.2, 0.25) is 0 Å². The van der Waals surface area contributed by atoms with Gasteiger partial charge in [-0.05, 0) is 54.6 Å². The van der Waals surface area contributed by atoms with Gasteiger partial charge in [-0.1, -0.05) is 53.8 Å². The molecule has 36 heavy (non-hydrogen) atoms. The second kappa shape index (κ2) is 10.1. The first-order valence-corrected chi connectivity index (χ1v) is 13.2. The summed E-state index contributed by atoms with van der Waals surface area (Å²) in [6.45, 7) is 3.99. The van der Waals surface area contributed by atoms with E-state index >= 15 is 0 Å². The number of benzene rings is 2. The van der Waals surface area contributed by atoms with Crippen LogP contribution < -0.4 is 19.6 Å². The van der Waals surface area contributed by atoms with Gasteiger partial charge in [-0.15, -0.1) is 11.3 Å². The summed E-state index contributed by atoms with van der Waals surface area (Å²) in [4.78, 5) is 33.7. The lowest BCUT2D eigenvalue weighted by Crippen LogP contribution is -2.40. The van der Waals surface area contributed by atoms with E-state index in [1.165, 1.54) is 11.3 Å². The van der Waals surface area contributed by atoms with E-state index in [-0.39, 0.29) is 12.2 Å². The molecule has 0 amide bonds. The fourth-order valence-corrected chi connectivity index (χ4v) is 6.13. The van der Waals surface area contributed by atoms with Crippen LogP contribution in [0.1, 0.15) is 34.5 Å². The first-order valence-electron chi connectivity index (χ1n) is 11.5. The molecule has 1 aliphatic heterocycles. The molecule has 0 fully saturated rings. The molecule has 0 N–H and O–H groups in total. The van der Waals surface area contributed by atoms with Crippen molar-refractivity contribution in [2.45, 2.75) is 19.9 Å². The molecule has 3 heterocycles. The van der Waals surface area contributed by atoms with Crippen LogP contribution in [0.4, 0.5) is 0 Å². The Labute approximate surface area is 216 Å². The maximum absolute atomic E-state index is 13.8. The second-order valence-corrected chi connectivity index (χ2v) is 10.1. The number of aromatic nitrogens is 1. The van der Waals surface area contributed by atoms with Crippen LogP contribution in [0.15, 0.2) is 81.4 Å². The zero-order chi connectivity index (χ0) is 25.2. The highest BCUT2D eigenvalue weighted by atomic mass is 32.1. The van der Waals surface area contributed by atoms with Crippen molar-refractivity contribution in [1.29, 1.82) is 0 Å². The van der Waals surface area contributed by atoms with Crippen LogP contribution in [0.25, 0.3) is 11.8 Å². The Hall–Kier alpha value is -3.75. The smallest absolute Gasteiger partial charge is 0.338 e. The lowest BCUT2D eigenvalue weighted by atomic mass is 9.93. The number of ether oxygens (including phenoxy) is 2. The standard InChI is InChI=1S/C28H24N2O4S2/c1-4-34-27(32)23-24(18-9-6-5-7-10-18)29-28-30(25(23)19-11-8-12-20(15-19)33-3)26(31)22(36-28)16-21-17(2)13-14-35-21/h5-16,25H,4H2,1-3H3/b22-16+/t25-/m1/s1. The van der Waals surface area contributed by atoms with Gasteiger partial charge in [-0.3, -0.25) is 9.36 Å². The van der Waals surface area contributed by atoms with E-state index in [1.807, 2.05) is 79.0 Å². The SMILES string of the molecule is CCOC(=O)C1=C(c2ccccc2)N=c2s/c(=C/c3sccc3C)c(=O)n2[C@@H]1c1cccc(OC)c1. The number of aryl methyl sites for hydroxylation is 1. The number of thiophene rings is 1. The summed E-state index contributed by atoms with van der Waals surface area (Å²) in [6, 6.07) is 18.2. The zero-order valence-electron chi connectivity index (χ0n) is 20.1. The van der Waals surface area contributed by atoms with Crippen LogP contribution in [0.3, 0.4) is 0 Å². The fourth-order valence-electron chi connectivity index (χ4n) is 4.22.